The summed E-state index contributed by atoms with van der Waals surface area (Å²) < 4.78 is 5.11. The monoisotopic (exact) mass is 296 g/mol. The van der Waals surface area contributed by atoms with Crippen LogP contribution in [0.4, 0.5) is 0 Å². The van der Waals surface area contributed by atoms with Gasteiger partial charge in [0.2, 0.25) is 0 Å². The van der Waals surface area contributed by atoms with Crippen LogP contribution in [0.25, 0.3) is 0 Å². The topological polar surface area (TPSA) is 63.6 Å². The Morgan fingerprint density at radius 3 is 2.70 bits per heavy atom. The van der Waals surface area contributed by atoms with E-state index in [0.717, 1.165) is 29.7 Å². The smallest absolute Gasteiger partial charge is 0.335 e. The Labute approximate surface area is 123 Å². The number of carboxylic acid groups (broad SMARTS) is 1. The molecule has 0 unspecified atom stereocenters. The van der Waals surface area contributed by atoms with Crippen LogP contribution in [0, 0.1) is 6.92 Å². The maximum atomic E-state index is 11.6. The molecule has 0 atom stereocenters. The van der Waals surface area contributed by atoms with Crippen LogP contribution >= 0.6 is 11.8 Å². The zero-order chi connectivity index (χ0) is 15.0. The molecule has 20 heavy (non-hydrogen) atoms. The third-order valence-electron chi connectivity index (χ3n) is 2.79. The van der Waals surface area contributed by atoms with E-state index in [2.05, 4.69) is 6.92 Å². The number of aryl methyl sites for hydroxylation is 1. The number of benzene rings is 1. The number of rotatable bonds is 8. The van der Waals surface area contributed by atoms with Crippen molar-refractivity contribution in [3.63, 3.8) is 0 Å². The van der Waals surface area contributed by atoms with Crippen molar-refractivity contribution in [2.24, 2.45) is 0 Å². The van der Waals surface area contributed by atoms with Crippen molar-refractivity contribution in [2.45, 2.75) is 38.0 Å². The lowest BCUT2D eigenvalue weighted by Gasteiger charge is -2.07. The van der Waals surface area contributed by atoms with Gasteiger partial charge in [0.25, 0.3) is 0 Å². The van der Waals surface area contributed by atoms with Crippen LogP contribution in [0.15, 0.2) is 23.1 Å². The second-order valence-corrected chi connectivity index (χ2v) is 5.52. The Hall–Kier alpha value is -1.49. The summed E-state index contributed by atoms with van der Waals surface area (Å²) in [6, 6.07) is 4.90. The molecular weight excluding hydrogens is 276 g/mol. The van der Waals surface area contributed by atoms with Crippen LogP contribution in [0.1, 0.15) is 42.1 Å². The van der Waals surface area contributed by atoms with Gasteiger partial charge in [0.1, 0.15) is 0 Å². The number of thioether (sulfide) groups is 1. The number of ether oxygens (including phenoxy) is 1. The summed E-state index contributed by atoms with van der Waals surface area (Å²) >= 11 is 1.31. The fourth-order valence-electron chi connectivity index (χ4n) is 1.61. The van der Waals surface area contributed by atoms with E-state index in [4.69, 9.17) is 9.84 Å². The summed E-state index contributed by atoms with van der Waals surface area (Å²) in [6.07, 6.45) is 3.04. The molecule has 110 valence electrons. The number of hydrogen-bond acceptors (Lipinski definition) is 4. The van der Waals surface area contributed by atoms with Crippen LogP contribution in [-0.2, 0) is 9.53 Å². The van der Waals surface area contributed by atoms with Crippen molar-refractivity contribution in [3.05, 3.63) is 29.3 Å². The Balaban J connectivity index is 2.46. The number of esters is 1. The molecule has 0 heterocycles. The number of hydrogen-bond donors (Lipinski definition) is 1. The first-order chi connectivity index (χ1) is 9.54. The maximum absolute atomic E-state index is 11.6. The Morgan fingerprint density at radius 1 is 1.30 bits per heavy atom. The molecule has 1 N–H and O–H groups in total. The van der Waals surface area contributed by atoms with Crippen LogP contribution in [0.5, 0.6) is 0 Å². The second-order valence-electron chi connectivity index (χ2n) is 4.50. The van der Waals surface area contributed by atoms with Gasteiger partial charge in [0.05, 0.1) is 17.9 Å². The lowest BCUT2D eigenvalue weighted by atomic mass is 10.1. The number of carboxylic acids is 1. The third kappa shape index (κ3) is 5.65. The van der Waals surface area contributed by atoms with Gasteiger partial charge in [-0.3, -0.25) is 4.79 Å². The fourth-order valence-corrected chi connectivity index (χ4v) is 2.47. The first kappa shape index (κ1) is 16.6. The first-order valence-electron chi connectivity index (χ1n) is 6.67. The van der Waals surface area contributed by atoms with Gasteiger partial charge in [0, 0.05) is 4.90 Å². The minimum atomic E-state index is -0.964. The van der Waals surface area contributed by atoms with E-state index in [1.165, 1.54) is 11.8 Å². The van der Waals surface area contributed by atoms with E-state index in [1.807, 2.05) is 6.92 Å². The average Bonchev–Trinajstić information content (AvgIpc) is 2.42. The zero-order valence-corrected chi connectivity index (χ0v) is 12.7. The van der Waals surface area contributed by atoms with E-state index in [1.54, 1.807) is 18.2 Å². The quantitative estimate of drug-likeness (QED) is 0.452. The highest BCUT2D eigenvalue weighted by molar-refractivity contribution is 8.00. The molecule has 4 nitrogen and oxygen atoms in total. The molecule has 0 bridgehead atoms. The predicted molar refractivity (Wildman–Crippen MR) is 79.3 cm³/mol. The van der Waals surface area contributed by atoms with Crippen molar-refractivity contribution in [2.75, 3.05) is 12.4 Å². The highest BCUT2D eigenvalue weighted by atomic mass is 32.2. The molecule has 0 aliphatic rings. The largest absolute Gasteiger partial charge is 0.478 e. The van der Waals surface area contributed by atoms with Crippen molar-refractivity contribution in [1.82, 2.24) is 0 Å². The van der Waals surface area contributed by atoms with Gasteiger partial charge in [-0.25, -0.2) is 4.79 Å². The molecule has 0 saturated heterocycles. The van der Waals surface area contributed by atoms with Gasteiger partial charge >= 0.3 is 11.9 Å². The molecule has 0 saturated carbocycles. The molecule has 0 aliphatic heterocycles. The number of unbranched alkanes of at least 4 members (excludes halogenated alkanes) is 2. The van der Waals surface area contributed by atoms with E-state index < -0.39 is 5.97 Å². The molecule has 0 fully saturated rings. The highest BCUT2D eigenvalue weighted by Crippen LogP contribution is 2.23. The first-order valence-corrected chi connectivity index (χ1v) is 7.65. The van der Waals surface area contributed by atoms with E-state index in [-0.39, 0.29) is 17.3 Å². The highest BCUT2D eigenvalue weighted by Gasteiger charge is 2.09. The van der Waals surface area contributed by atoms with Gasteiger partial charge in [0.15, 0.2) is 0 Å². The zero-order valence-electron chi connectivity index (χ0n) is 11.8. The Morgan fingerprint density at radius 2 is 2.05 bits per heavy atom. The standard InChI is InChI=1S/C15H20O4S/c1-3-4-5-8-19-14(16)10-20-13-9-12(15(17)18)7-6-11(13)2/h6-7,9H,3-5,8,10H2,1-2H3,(H,17,18). The fraction of sp³-hybridized carbons (Fsp3) is 0.467. The van der Waals surface area contributed by atoms with Gasteiger partial charge in [-0.1, -0.05) is 25.8 Å². The van der Waals surface area contributed by atoms with Crippen molar-refractivity contribution >= 4 is 23.7 Å². The van der Waals surface area contributed by atoms with Crippen LogP contribution in [0.2, 0.25) is 0 Å². The average molecular weight is 296 g/mol. The molecule has 1 aromatic rings. The molecular formula is C15H20O4S. The molecule has 5 heteroatoms. The number of carbonyl (C=O) groups is 2. The third-order valence-corrected chi connectivity index (χ3v) is 3.92. The maximum Gasteiger partial charge on any atom is 0.335 e. The second kappa shape index (κ2) is 8.64. The normalized spacial score (nSPS) is 10.3. The summed E-state index contributed by atoms with van der Waals surface area (Å²) in [6.45, 7) is 4.44. The Kier molecular flexibility index (Phi) is 7.15. The van der Waals surface area contributed by atoms with E-state index >= 15 is 0 Å². The summed E-state index contributed by atoms with van der Waals surface area (Å²) in [4.78, 5) is 23.3. The summed E-state index contributed by atoms with van der Waals surface area (Å²) in [5, 5.41) is 8.94. The predicted octanol–water partition coefficient (Wildman–Crippen LogP) is 3.52. The van der Waals surface area contributed by atoms with Crippen LogP contribution in [-0.4, -0.2) is 29.4 Å². The minimum Gasteiger partial charge on any atom is -0.478 e. The van der Waals surface area contributed by atoms with Gasteiger partial charge in [-0.15, -0.1) is 11.8 Å². The molecule has 0 aromatic heterocycles. The molecule has 1 aromatic carbocycles. The van der Waals surface area contributed by atoms with Crippen molar-refractivity contribution in [3.8, 4) is 0 Å². The van der Waals surface area contributed by atoms with Crippen LogP contribution in [0.3, 0.4) is 0 Å². The summed E-state index contributed by atoms with van der Waals surface area (Å²) in [5.41, 5.74) is 1.19. The van der Waals surface area contributed by atoms with Gasteiger partial charge < -0.3 is 9.84 Å². The molecule has 1 rings (SSSR count). The molecule has 0 amide bonds. The van der Waals surface area contributed by atoms with E-state index in [0.29, 0.717) is 6.61 Å². The molecule has 0 spiro atoms. The van der Waals surface area contributed by atoms with Crippen LogP contribution < -0.4 is 0 Å². The van der Waals surface area contributed by atoms with Crippen molar-refractivity contribution in [1.29, 1.82) is 0 Å². The van der Waals surface area contributed by atoms with Gasteiger partial charge in [-0.2, -0.15) is 0 Å². The molecule has 0 radical (unpaired) electrons. The number of aromatic carboxylic acids is 1. The molecule has 0 aliphatic carbocycles. The number of carbonyl (C=O) groups excluding carboxylic acids is 1. The lowest BCUT2D eigenvalue weighted by Crippen LogP contribution is -2.08. The Bertz CT molecular complexity index is 471. The van der Waals surface area contributed by atoms with Crippen molar-refractivity contribution < 1.29 is 19.4 Å². The van der Waals surface area contributed by atoms with Gasteiger partial charge in [-0.05, 0) is 31.0 Å². The summed E-state index contributed by atoms with van der Waals surface area (Å²) in [7, 11) is 0. The summed E-state index contributed by atoms with van der Waals surface area (Å²) in [5.74, 6) is -1.02. The van der Waals surface area contributed by atoms with E-state index in [9.17, 15) is 9.59 Å². The minimum absolute atomic E-state index is 0.204. The SMILES string of the molecule is CCCCCOC(=O)CSc1cc(C(=O)O)ccc1C. The lowest BCUT2D eigenvalue weighted by molar-refractivity contribution is -0.140.